The summed E-state index contributed by atoms with van der Waals surface area (Å²) in [6, 6.07) is 19.0. The Bertz CT molecular complexity index is 547. The fourth-order valence-corrected chi connectivity index (χ4v) is 2.99. The monoisotopic (exact) mass is 445 g/mol. The number of halogens is 1. The number of hydrogen-bond donors (Lipinski definition) is 0. The Morgan fingerprint density at radius 2 is 1.25 bits per heavy atom. The van der Waals surface area contributed by atoms with Crippen molar-refractivity contribution in [2.45, 2.75) is 77.6 Å². The molecular weight excluding hydrogens is 411 g/mol. The summed E-state index contributed by atoms with van der Waals surface area (Å²) in [5.41, 5.74) is 2.58. The molecule has 0 unspecified atom stereocenters. The van der Waals surface area contributed by atoms with E-state index in [1.807, 2.05) is 24.3 Å². The third kappa shape index (κ3) is 16.0. The summed E-state index contributed by atoms with van der Waals surface area (Å²) in [6.45, 7) is 6.12. The molecule has 0 aliphatic carbocycles. The summed E-state index contributed by atoms with van der Waals surface area (Å²) >= 11 is 8.12. The Balaban J connectivity index is 0.000000485. The quantitative estimate of drug-likeness (QED) is 0.251. The van der Waals surface area contributed by atoms with E-state index < -0.39 is 0 Å². The zero-order valence-electron chi connectivity index (χ0n) is 17.2. The van der Waals surface area contributed by atoms with Gasteiger partial charge in [-0.25, -0.2) is 0 Å². The second-order valence-corrected chi connectivity index (χ2v) is 7.33. The van der Waals surface area contributed by atoms with Gasteiger partial charge in [0.15, 0.2) is 0 Å². The van der Waals surface area contributed by atoms with Crippen LogP contribution in [0.3, 0.4) is 0 Å². The predicted molar refractivity (Wildman–Crippen MR) is 117 cm³/mol. The van der Waals surface area contributed by atoms with Gasteiger partial charge in [-0.1, -0.05) is 88.4 Å². The number of unbranched alkanes of at least 4 members (excludes halogenated alkanes) is 9. The van der Waals surface area contributed by atoms with Crippen LogP contribution in [0, 0.1) is 13.0 Å². The summed E-state index contributed by atoms with van der Waals surface area (Å²) in [5.74, 6) is 0. The molecule has 0 N–H and O–H groups in total. The van der Waals surface area contributed by atoms with Crippen LogP contribution in [0.25, 0.3) is 0 Å². The Morgan fingerprint density at radius 1 is 0.786 bits per heavy atom. The molecule has 0 atom stereocenters. The molecule has 0 aliphatic rings. The number of rotatable bonds is 11. The van der Waals surface area contributed by atoms with Crippen LogP contribution >= 0.6 is 11.6 Å². The average Bonchev–Trinajstić information content (AvgIpc) is 2.74. The van der Waals surface area contributed by atoms with Gasteiger partial charge in [-0.3, -0.25) is 0 Å². The molecule has 0 spiro atoms. The average molecular weight is 446 g/mol. The Labute approximate surface area is 186 Å². The normalized spacial score (nSPS) is 9.71. The van der Waals surface area contributed by atoms with E-state index in [0.29, 0.717) is 0 Å². The van der Waals surface area contributed by atoms with Gasteiger partial charge in [0.05, 0.1) is 0 Å². The van der Waals surface area contributed by atoms with Gasteiger partial charge in [-0.15, -0.1) is 0 Å². The van der Waals surface area contributed by atoms with Crippen LogP contribution in [0.2, 0.25) is 5.02 Å². The van der Waals surface area contributed by atoms with E-state index in [9.17, 15) is 0 Å². The van der Waals surface area contributed by atoms with Crippen LogP contribution in [0.15, 0.2) is 48.5 Å². The van der Waals surface area contributed by atoms with E-state index in [1.165, 1.54) is 68.9 Å². The summed E-state index contributed by atoms with van der Waals surface area (Å²) in [7, 11) is 0. The van der Waals surface area contributed by atoms with E-state index >= 15 is 0 Å². The van der Waals surface area contributed by atoms with Crippen LogP contribution in [0.1, 0.15) is 82.3 Å². The van der Waals surface area contributed by atoms with Crippen molar-refractivity contribution in [3.8, 4) is 0 Å². The van der Waals surface area contributed by atoms with Gasteiger partial charge < -0.3 is 6.92 Å². The minimum absolute atomic E-state index is 0.787. The van der Waals surface area contributed by atoms with Gasteiger partial charge in [0, 0.05) is 5.02 Å². The second-order valence-electron chi connectivity index (χ2n) is 6.89. The van der Waals surface area contributed by atoms with Crippen molar-refractivity contribution in [1.29, 1.82) is 0 Å². The van der Waals surface area contributed by atoms with Gasteiger partial charge in [-0.05, 0) is 24.1 Å². The van der Waals surface area contributed by atoms with Crippen LogP contribution in [-0.4, -0.2) is 0 Å². The standard InChI is InChI=1S/C13H10Cl.C12H25.Co.O/c14-13-8-6-12(7-9-13)10-11-4-2-1-3-5-11;1-3-5-7-9-11-12-10-8-6-4-2;;/h2-9H,10H2;1,3-12H2,2H3;;/q2*-1;;. The Hall–Kier alpha value is -0.964. The molecule has 0 heterocycles. The molecular formula is C25H35ClCoO-2. The molecule has 0 aromatic heterocycles. The van der Waals surface area contributed by atoms with Crippen LogP contribution in [-0.2, 0) is 26.0 Å². The number of benzene rings is 2. The molecule has 159 valence electrons. The molecule has 0 aliphatic heterocycles. The molecule has 2 aromatic carbocycles. The van der Waals surface area contributed by atoms with Crippen molar-refractivity contribution < 1.29 is 19.5 Å². The summed E-state index contributed by atoms with van der Waals surface area (Å²) in [5, 5.41) is 0.787. The SMILES string of the molecule is Clc1ccc(Cc2cc[c-]cc2)cc1.[CH2-]CCCCCCCCCCC.[O]=[Co]. The van der Waals surface area contributed by atoms with E-state index in [1.54, 1.807) is 0 Å². The second kappa shape index (κ2) is 20.8. The minimum atomic E-state index is 0.787. The van der Waals surface area contributed by atoms with Gasteiger partial charge in [0.2, 0.25) is 0 Å². The van der Waals surface area contributed by atoms with E-state index in [0.717, 1.165) is 17.9 Å². The molecule has 0 bridgehead atoms. The predicted octanol–water partition coefficient (Wildman–Crippen LogP) is 8.35. The van der Waals surface area contributed by atoms with Crippen molar-refractivity contribution in [1.82, 2.24) is 0 Å². The van der Waals surface area contributed by atoms with E-state index in [2.05, 4.69) is 59.8 Å². The molecule has 1 nitrogen and oxygen atoms in total. The molecule has 28 heavy (non-hydrogen) atoms. The summed E-state index contributed by atoms with van der Waals surface area (Å²) in [6.07, 6.45) is 14.8. The first-order chi connectivity index (χ1) is 13.8. The van der Waals surface area contributed by atoms with Crippen LogP contribution in [0.5, 0.6) is 0 Å². The first kappa shape index (κ1) is 27.0. The fraction of sp³-hybridized carbons (Fsp3) is 0.480. The van der Waals surface area contributed by atoms with Gasteiger partial charge in [0.1, 0.15) is 0 Å². The van der Waals surface area contributed by atoms with Gasteiger partial charge in [-0.2, -0.15) is 42.3 Å². The van der Waals surface area contributed by atoms with Crippen molar-refractivity contribution in [2.24, 2.45) is 0 Å². The van der Waals surface area contributed by atoms with E-state index in [4.69, 9.17) is 15.5 Å². The summed E-state index contributed by atoms with van der Waals surface area (Å²) in [4.78, 5) is 0. The molecule has 2 aromatic rings. The third-order valence-electron chi connectivity index (χ3n) is 4.46. The van der Waals surface area contributed by atoms with Crippen molar-refractivity contribution in [3.05, 3.63) is 77.7 Å². The molecule has 0 fully saturated rings. The van der Waals surface area contributed by atoms with Crippen molar-refractivity contribution >= 4 is 11.6 Å². The first-order valence-electron chi connectivity index (χ1n) is 10.4. The molecule has 2 rings (SSSR count). The number of hydrogen-bond acceptors (Lipinski definition) is 1. The van der Waals surface area contributed by atoms with Crippen LogP contribution in [0.4, 0.5) is 0 Å². The zero-order valence-corrected chi connectivity index (χ0v) is 19.0. The van der Waals surface area contributed by atoms with Crippen molar-refractivity contribution in [3.63, 3.8) is 0 Å². The van der Waals surface area contributed by atoms with Gasteiger partial charge in [0.25, 0.3) is 0 Å². The molecule has 0 saturated heterocycles. The topological polar surface area (TPSA) is 17.1 Å². The molecule has 0 radical (unpaired) electrons. The fourth-order valence-electron chi connectivity index (χ4n) is 2.86. The third-order valence-corrected chi connectivity index (χ3v) is 4.71. The first-order valence-corrected chi connectivity index (χ1v) is 11.2. The van der Waals surface area contributed by atoms with Crippen LogP contribution < -0.4 is 0 Å². The molecule has 0 amide bonds. The Kier molecular flexibility index (Phi) is 20.0. The van der Waals surface area contributed by atoms with E-state index in [-0.39, 0.29) is 0 Å². The molecule has 0 saturated carbocycles. The summed E-state index contributed by atoms with van der Waals surface area (Å²) < 4.78 is 7.94. The maximum atomic E-state index is 7.94. The van der Waals surface area contributed by atoms with Crippen molar-refractivity contribution in [2.75, 3.05) is 0 Å². The zero-order chi connectivity index (χ0) is 20.9. The maximum absolute atomic E-state index is 7.94. The Morgan fingerprint density at radius 3 is 1.75 bits per heavy atom. The molecule has 3 heteroatoms. The van der Waals surface area contributed by atoms with Gasteiger partial charge >= 0.3 is 19.5 Å².